The molecule has 0 bridgehead atoms. The van der Waals surface area contributed by atoms with Gasteiger partial charge in [0.2, 0.25) is 5.91 Å². The van der Waals surface area contributed by atoms with Crippen molar-refractivity contribution >= 4 is 5.91 Å². The quantitative estimate of drug-likeness (QED) is 0.747. The molecule has 1 amide bonds. The van der Waals surface area contributed by atoms with Crippen molar-refractivity contribution in [3.05, 3.63) is 0 Å². The molecule has 3 nitrogen and oxygen atoms in total. The SMILES string of the molecule is N#CC1(C(=O)NC2CCCCCC2)CCCC1. The van der Waals surface area contributed by atoms with Crippen LogP contribution in [0.5, 0.6) is 0 Å². The summed E-state index contributed by atoms with van der Waals surface area (Å²) in [5.41, 5.74) is -0.702. The minimum absolute atomic E-state index is 0.00407. The summed E-state index contributed by atoms with van der Waals surface area (Å²) in [6, 6.07) is 2.59. The first-order chi connectivity index (χ1) is 8.27. The molecule has 17 heavy (non-hydrogen) atoms. The van der Waals surface area contributed by atoms with Crippen molar-refractivity contribution in [1.29, 1.82) is 5.26 Å². The molecular formula is C14H22N2O. The maximum absolute atomic E-state index is 12.2. The molecule has 2 aliphatic rings. The van der Waals surface area contributed by atoms with Crippen molar-refractivity contribution < 1.29 is 4.79 Å². The van der Waals surface area contributed by atoms with Crippen LogP contribution in [0.15, 0.2) is 0 Å². The topological polar surface area (TPSA) is 52.9 Å². The number of hydrogen-bond acceptors (Lipinski definition) is 2. The Bertz CT molecular complexity index is 305. The Morgan fingerprint density at radius 3 is 2.18 bits per heavy atom. The lowest BCUT2D eigenvalue weighted by molar-refractivity contribution is -0.128. The zero-order valence-corrected chi connectivity index (χ0v) is 10.5. The van der Waals surface area contributed by atoms with Crippen LogP contribution in [0.1, 0.15) is 64.2 Å². The van der Waals surface area contributed by atoms with E-state index in [0.29, 0.717) is 6.04 Å². The minimum atomic E-state index is -0.702. The number of nitriles is 1. The van der Waals surface area contributed by atoms with E-state index in [-0.39, 0.29) is 5.91 Å². The van der Waals surface area contributed by atoms with E-state index >= 15 is 0 Å². The number of carbonyl (C=O) groups is 1. The average molecular weight is 234 g/mol. The Labute approximate surface area is 104 Å². The molecule has 0 aliphatic heterocycles. The molecule has 2 fully saturated rings. The Kier molecular flexibility index (Phi) is 4.04. The van der Waals surface area contributed by atoms with Gasteiger partial charge in [0.05, 0.1) is 6.07 Å². The third kappa shape index (κ3) is 2.80. The number of hydrogen-bond donors (Lipinski definition) is 1. The van der Waals surface area contributed by atoms with Gasteiger partial charge in [-0.15, -0.1) is 0 Å². The summed E-state index contributed by atoms with van der Waals surface area (Å²) in [5.74, 6) is 0.00407. The van der Waals surface area contributed by atoms with Crippen LogP contribution in [0.2, 0.25) is 0 Å². The summed E-state index contributed by atoms with van der Waals surface area (Å²) >= 11 is 0. The zero-order chi connectivity index (χ0) is 12.1. The number of nitrogens with one attached hydrogen (secondary N) is 1. The fourth-order valence-corrected chi connectivity index (χ4v) is 3.12. The molecule has 2 aliphatic carbocycles. The van der Waals surface area contributed by atoms with E-state index in [4.69, 9.17) is 0 Å². The predicted molar refractivity (Wildman–Crippen MR) is 66.1 cm³/mol. The highest BCUT2D eigenvalue weighted by Crippen LogP contribution is 2.38. The van der Waals surface area contributed by atoms with Gasteiger partial charge in [0, 0.05) is 6.04 Å². The molecule has 2 rings (SSSR count). The summed E-state index contributed by atoms with van der Waals surface area (Å²) in [6.07, 6.45) is 10.7. The van der Waals surface area contributed by atoms with Gasteiger partial charge in [-0.25, -0.2) is 0 Å². The van der Waals surface area contributed by atoms with Gasteiger partial charge >= 0.3 is 0 Å². The summed E-state index contributed by atoms with van der Waals surface area (Å²) in [4.78, 5) is 12.2. The molecule has 0 saturated heterocycles. The van der Waals surface area contributed by atoms with Gasteiger partial charge in [-0.3, -0.25) is 4.79 Å². The van der Waals surface area contributed by atoms with Crippen LogP contribution in [0.3, 0.4) is 0 Å². The van der Waals surface area contributed by atoms with Crippen molar-refractivity contribution in [2.24, 2.45) is 5.41 Å². The molecule has 3 heteroatoms. The first-order valence-corrected chi connectivity index (χ1v) is 6.99. The molecule has 2 saturated carbocycles. The van der Waals surface area contributed by atoms with Crippen molar-refractivity contribution in [3.8, 4) is 6.07 Å². The highest BCUT2D eigenvalue weighted by Gasteiger charge is 2.42. The Morgan fingerprint density at radius 2 is 1.65 bits per heavy atom. The lowest BCUT2D eigenvalue weighted by Crippen LogP contribution is -2.43. The van der Waals surface area contributed by atoms with Crippen molar-refractivity contribution in [2.75, 3.05) is 0 Å². The predicted octanol–water partition coefficient (Wildman–Crippen LogP) is 2.91. The second-order valence-electron chi connectivity index (χ2n) is 5.56. The first kappa shape index (κ1) is 12.4. The molecule has 0 aromatic rings. The Hall–Kier alpha value is -1.04. The molecule has 0 aromatic heterocycles. The van der Waals surface area contributed by atoms with Crippen LogP contribution < -0.4 is 5.32 Å². The first-order valence-electron chi connectivity index (χ1n) is 6.99. The summed E-state index contributed by atoms with van der Waals surface area (Å²) < 4.78 is 0. The molecule has 0 aromatic carbocycles. The van der Waals surface area contributed by atoms with Crippen LogP contribution in [0, 0.1) is 16.7 Å². The van der Waals surface area contributed by atoms with Gasteiger partial charge in [0.1, 0.15) is 5.41 Å². The van der Waals surface area contributed by atoms with E-state index in [1.54, 1.807) is 0 Å². The lowest BCUT2D eigenvalue weighted by Gasteiger charge is -2.24. The van der Waals surface area contributed by atoms with E-state index in [1.807, 2.05) is 0 Å². The lowest BCUT2D eigenvalue weighted by atomic mass is 9.86. The second kappa shape index (κ2) is 5.53. The van der Waals surface area contributed by atoms with Crippen LogP contribution >= 0.6 is 0 Å². The van der Waals surface area contributed by atoms with Crippen molar-refractivity contribution in [2.45, 2.75) is 70.3 Å². The van der Waals surface area contributed by atoms with Gasteiger partial charge in [-0.05, 0) is 25.7 Å². The van der Waals surface area contributed by atoms with Crippen LogP contribution in [-0.4, -0.2) is 11.9 Å². The molecule has 1 N–H and O–H groups in total. The maximum Gasteiger partial charge on any atom is 0.240 e. The van der Waals surface area contributed by atoms with Crippen LogP contribution in [-0.2, 0) is 4.79 Å². The standard InChI is InChI=1S/C14H22N2O/c15-11-14(9-5-6-10-14)13(17)16-12-7-3-1-2-4-8-12/h12H,1-10H2,(H,16,17). The Morgan fingerprint density at radius 1 is 1.06 bits per heavy atom. The van der Waals surface area contributed by atoms with Gasteiger partial charge in [0.15, 0.2) is 0 Å². The number of nitrogens with zero attached hydrogens (tertiary/aromatic N) is 1. The molecule has 0 radical (unpaired) electrons. The van der Waals surface area contributed by atoms with Crippen LogP contribution in [0.25, 0.3) is 0 Å². The van der Waals surface area contributed by atoms with Gasteiger partial charge in [0.25, 0.3) is 0 Å². The monoisotopic (exact) mass is 234 g/mol. The third-order valence-electron chi connectivity index (χ3n) is 4.30. The normalized spacial score (nSPS) is 24.9. The second-order valence-corrected chi connectivity index (χ2v) is 5.56. The molecule has 0 spiro atoms. The van der Waals surface area contributed by atoms with Gasteiger partial charge in [-0.2, -0.15) is 5.26 Å². The number of carbonyl (C=O) groups excluding carboxylic acids is 1. The fraction of sp³-hybridized carbons (Fsp3) is 0.857. The smallest absolute Gasteiger partial charge is 0.240 e. The molecule has 0 atom stereocenters. The fourth-order valence-electron chi connectivity index (χ4n) is 3.12. The Balaban J connectivity index is 1.93. The summed E-state index contributed by atoms with van der Waals surface area (Å²) in [7, 11) is 0. The molecule has 94 valence electrons. The van der Waals surface area contributed by atoms with Crippen LogP contribution in [0.4, 0.5) is 0 Å². The van der Waals surface area contributed by atoms with E-state index in [1.165, 1.54) is 25.7 Å². The van der Waals surface area contributed by atoms with E-state index in [0.717, 1.165) is 38.5 Å². The van der Waals surface area contributed by atoms with E-state index in [9.17, 15) is 10.1 Å². The molecule has 0 heterocycles. The summed E-state index contributed by atoms with van der Waals surface area (Å²) in [6.45, 7) is 0. The largest absolute Gasteiger partial charge is 0.352 e. The number of amides is 1. The van der Waals surface area contributed by atoms with Crippen molar-refractivity contribution in [1.82, 2.24) is 5.32 Å². The minimum Gasteiger partial charge on any atom is -0.352 e. The van der Waals surface area contributed by atoms with Gasteiger partial charge < -0.3 is 5.32 Å². The van der Waals surface area contributed by atoms with Crippen molar-refractivity contribution in [3.63, 3.8) is 0 Å². The summed E-state index contributed by atoms with van der Waals surface area (Å²) in [5, 5.41) is 12.4. The number of rotatable bonds is 2. The van der Waals surface area contributed by atoms with E-state index < -0.39 is 5.41 Å². The molecular weight excluding hydrogens is 212 g/mol. The van der Waals surface area contributed by atoms with E-state index in [2.05, 4.69) is 11.4 Å². The highest BCUT2D eigenvalue weighted by molar-refractivity contribution is 5.85. The third-order valence-corrected chi connectivity index (χ3v) is 4.30. The maximum atomic E-state index is 12.2. The highest BCUT2D eigenvalue weighted by atomic mass is 16.2. The molecule has 0 unspecified atom stereocenters. The average Bonchev–Trinajstić information content (AvgIpc) is 2.70. The van der Waals surface area contributed by atoms with Gasteiger partial charge in [-0.1, -0.05) is 38.5 Å². The zero-order valence-electron chi connectivity index (χ0n) is 10.5.